The average Bonchev–Trinajstić information content (AvgIpc) is 2.96. The number of nitrogens with zero attached hydrogens (tertiary/aromatic N) is 1. The van der Waals surface area contributed by atoms with Gasteiger partial charge in [0.2, 0.25) is 15.9 Å². The molecule has 1 aromatic rings. The Hall–Kier alpha value is -1.98. The Labute approximate surface area is 165 Å². The Bertz CT molecular complexity index is 971. The molecule has 1 aliphatic heterocycles. The summed E-state index contributed by atoms with van der Waals surface area (Å²) in [7, 11) is -5.90. The standard InChI is InChI=1S/C17H24N2O7S2/c1-4-19(10-16(20)18-14-7-8-27(22,23)11-14)28(24,25)15-6-5-13(9-12(15)2)17(21)26-3/h5-6,9,14H,4,7-8,10-11H2,1-3H3,(H,18,20). The van der Waals surface area contributed by atoms with Gasteiger partial charge in [-0.1, -0.05) is 6.92 Å². The Morgan fingerprint density at radius 3 is 2.50 bits per heavy atom. The molecule has 0 saturated carbocycles. The van der Waals surface area contributed by atoms with Crippen molar-refractivity contribution in [3.8, 4) is 0 Å². The van der Waals surface area contributed by atoms with E-state index < -0.39 is 44.3 Å². The van der Waals surface area contributed by atoms with Gasteiger partial charge in [0.25, 0.3) is 0 Å². The van der Waals surface area contributed by atoms with Crippen LogP contribution >= 0.6 is 0 Å². The van der Waals surface area contributed by atoms with Crippen LogP contribution in [-0.4, -0.2) is 70.8 Å². The molecular formula is C17H24N2O7S2. The van der Waals surface area contributed by atoms with Crippen molar-refractivity contribution < 1.29 is 31.2 Å². The highest BCUT2D eigenvalue weighted by Gasteiger charge is 2.31. The molecule has 9 nitrogen and oxygen atoms in total. The first-order valence-electron chi connectivity index (χ1n) is 8.69. The van der Waals surface area contributed by atoms with E-state index in [9.17, 15) is 26.4 Å². The molecular weight excluding hydrogens is 408 g/mol. The number of sulfone groups is 1. The minimum absolute atomic E-state index is 0.0134. The number of sulfonamides is 1. The fourth-order valence-electron chi connectivity index (χ4n) is 3.03. The quantitative estimate of drug-likeness (QED) is 0.605. The molecule has 11 heteroatoms. The van der Waals surface area contributed by atoms with E-state index in [0.717, 1.165) is 4.31 Å². The number of carbonyl (C=O) groups is 2. The summed E-state index contributed by atoms with van der Waals surface area (Å²) < 4.78 is 54.5. The highest BCUT2D eigenvalue weighted by atomic mass is 32.2. The van der Waals surface area contributed by atoms with Gasteiger partial charge in [-0.05, 0) is 37.1 Å². The van der Waals surface area contributed by atoms with Gasteiger partial charge in [0.05, 0.1) is 35.6 Å². The Kier molecular flexibility index (Phi) is 6.84. The van der Waals surface area contributed by atoms with Gasteiger partial charge in [0.15, 0.2) is 9.84 Å². The molecule has 2 rings (SSSR count). The molecule has 0 aliphatic carbocycles. The molecule has 0 bridgehead atoms. The molecule has 1 amide bonds. The van der Waals surface area contributed by atoms with Crippen LogP contribution in [-0.2, 0) is 29.4 Å². The number of hydrogen-bond acceptors (Lipinski definition) is 7. The molecule has 1 heterocycles. The lowest BCUT2D eigenvalue weighted by atomic mass is 10.1. The summed E-state index contributed by atoms with van der Waals surface area (Å²) in [6.07, 6.45) is 0.320. The normalized spacial score (nSPS) is 18.8. The summed E-state index contributed by atoms with van der Waals surface area (Å²) in [5.41, 5.74) is 0.575. The predicted molar refractivity (Wildman–Crippen MR) is 102 cm³/mol. The average molecular weight is 433 g/mol. The third-order valence-corrected chi connectivity index (χ3v) is 8.33. The van der Waals surface area contributed by atoms with E-state index in [1.54, 1.807) is 13.8 Å². The van der Waals surface area contributed by atoms with Gasteiger partial charge in [0.1, 0.15) is 0 Å². The zero-order valence-corrected chi connectivity index (χ0v) is 17.6. The molecule has 0 spiro atoms. The number of aryl methyl sites for hydroxylation is 1. The van der Waals surface area contributed by atoms with Gasteiger partial charge in [-0.3, -0.25) is 4.79 Å². The minimum Gasteiger partial charge on any atom is -0.465 e. The molecule has 1 fully saturated rings. The SMILES string of the molecule is CCN(CC(=O)NC1CCS(=O)(=O)C1)S(=O)(=O)c1ccc(C(=O)OC)cc1C. The van der Waals surface area contributed by atoms with Crippen LogP contribution in [0.2, 0.25) is 0 Å². The van der Waals surface area contributed by atoms with E-state index in [0.29, 0.717) is 12.0 Å². The molecule has 1 saturated heterocycles. The van der Waals surface area contributed by atoms with Crippen molar-refractivity contribution in [1.82, 2.24) is 9.62 Å². The van der Waals surface area contributed by atoms with Crippen LogP contribution in [0, 0.1) is 6.92 Å². The van der Waals surface area contributed by atoms with Crippen molar-refractivity contribution in [1.29, 1.82) is 0 Å². The highest BCUT2D eigenvalue weighted by molar-refractivity contribution is 7.91. The van der Waals surface area contributed by atoms with Crippen LogP contribution < -0.4 is 5.32 Å². The van der Waals surface area contributed by atoms with Gasteiger partial charge < -0.3 is 10.1 Å². The van der Waals surface area contributed by atoms with Crippen LogP contribution in [0.25, 0.3) is 0 Å². The number of carbonyl (C=O) groups excluding carboxylic acids is 2. The topological polar surface area (TPSA) is 127 Å². The maximum atomic E-state index is 12.9. The first-order valence-corrected chi connectivity index (χ1v) is 11.9. The second-order valence-electron chi connectivity index (χ2n) is 6.57. The number of nitrogens with one attached hydrogen (secondary N) is 1. The lowest BCUT2D eigenvalue weighted by Crippen LogP contribution is -2.44. The third kappa shape index (κ3) is 5.09. The zero-order chi connectivity index (χ0) is 21.1. The fraction of sp³-hybridized carbons (Fsp3) is 0.529. The Morgan fingerprint density at radius 1 is 1.32 bits per heavy atom. The smallest absolute Gasteiger partial charge is 0.337 e. The van der Waals surface area contributed by atoms with Crippen LogP contribution in [0.5, 0.6) is 0 Å². The van der Waals surface area contributed by atoms with Crippen molar-refractivity contribution >= 4 is 31.7 Å². The Morgan fingerprint density at radius 2 is 2.00 bits per heavy atom. The van der Waals surface area contributed by atoms with Crippen molar-refractivity contribution in [2.24, 2.45) is 0 Å². The van der Waals surface area contributed by atoms with Gasteiger partial charge >= 0.3 is 5.97 Å². The summed E-state index contributed by atoms with van der Waals surface area (Å²) in [4.78, 5) is 23.8. The van der Waals surface area contributed by atoms with Crippen LogP contribution in [0.3, 0.4) is 0 Å². The van der Waals surface area contributed by atoms with E-state index in [1.165, 1.54) is 25.3 Å². The zero-order valence-electron chi connectivity index (χ0n) is 16.0. The number of methoxy groups -OCH3 is 1. The van der Waals surface area contributed by atoms with E-state index in [2.05, 4.69) is 10.1 Å². The maximum Gasteiger partial charge on any atom is 0.337 e. The van der Waals surface area contributed by atoms with E-state index >= 15 is 0 Å². The monoisotopic (exact) mass is 432 g/mol. The summed E-state index contributed by atoms with van der Waals surface area (Å²) in [6.45, 7) is 2.78. The number of amides is 1. The third-order valence-electron chi connectivity index (χ3n) is 4.48. The molecule has 1 atom stereocenters. The van der Waals surface area contributed by atoms with Crippen LogP contribution in [0.4, 0.5) is 0 Å². The van der Waals surface area contributed by atoms with Crippen molar-refractivity contribution in [2.45, 2.75) is 31.2 Å². The number of benzene rings is 1. The van der Waals surface area contributed by atoms with Gasteiger partial charge in [-0.15, -0.1) is 0 Å². The summed E-state index contributed by atoms with van der Waals surface area (Å²) in [5, 5.41) is 2.58. The molecule has 1 aliphatic rings. The molecule has 1 N–H and O–H groups in total. The molecule has 28 heavy (non-hydrogen) atoms. The number of hydrogen-bond donors (Lipinski definition) is 1. The maximum absolute atomic E-state index is 12.9. The van der Waals surface area contributed by atoms with Crippen LogP contribution in [0.1, 0.15) is 29.3 Å². The lowest BCUT2D eigenvalue weighted by molar-refractivity contribution is -0.121. The lowest BCUT2D eigenvalue weighted by Gasteiger charge is -2.22. The van der Waals surface area contributed by atoms with E-state index in [-0.39, 0.29) is 28.5 Å². The molecule has 1 unspecified atom stereocenters. The van der Waals surface area contributed by atoms with Gasteiger partial charge in [-0.2, -0.15) is 4.31 Å². The summed E-state index contributed by atoms with van der Waals surface area (Å²) in [5.74, 6) is -1.26. The fourth-order valence-corrected chi connectivity index (χ4v) is 6.32. The number of rotatable bonds is 7. The largest absolute Gasteiger partial charge is 0.465 e. The van der Waals surface area contributed by atoms with Crippen molar-refractivity contribution in [2.75, 3.05) is 31.7 Å². The summed E-state index contributed by atoms with van der Waals surface area (Å²) in [6, 6.07) is 3.57. The number of esters is 1. The number of likely N-dealkylation sites (N-methyl/N-ethyl adjacent to an activating group) is 1. The Balaban J connectivity index is 2.16. The van der Waals surface area contributed by atoms with E-state index in [4.69, 9.17) is 0 Å². The first-order chi connectivity index (χ1) is 13.0. The van der Waals surface area contributed by atoms with E-state index in [1.807, 2.05) is 0 Å². The van der Waals surface area contributed by atoms with Crippen molar-refractivity contribution in [3.63, 3.8) is 0 Å². The van der Waals surface area contributed by atoms with Crippen LogP contribution in [0.15, 0.2) is 23.1 Å². The highest BCUT2D eigenvalue weighted by Crippen LogP contribution is 2.21. The van der Waals surface area contributed by atoms with Gasteiger partial charge in [0, 0.05) is 12.6 Å². The minimum atomic E-state index is -3.98. The molecule has 156 valence electrons. The molecule has 0 aromatic heterocycles. The summed E-state index contributed by atoms with van der Waals surface area (Å²) >= 11 is 0. The van der Waals surface area contributed by atoms with Gasteiger partial charge in [-0.25, -0.2) is 21.6 Å². The number of ether oxygens (including phenoxy) is 1. The second kappa shape index (κ2) is 8.58. The second-order valence-corrected chi connectivity index (χ2v) is 10.7. The first kappa shape index (κ1) is 22.3. The van der Waals surface area contributed by atoms with Crippen molar-refractivity contribution in [3.05, 3.63) is 29.3 Å². The molecule has 0 radical (unpaired) electrons. The molecule has 1 aromatic carbocycles. The predicted octanol–water partition coefficient (Wildman–Crippen LogP) is 0.0955.